The monoisotopic (exact) mass is 368 g/mol. The van der Waals surface area contributed by atoms with Gasteiger partial charge in [-0.1, -0.05) is 12.1 Å². The quantitative estimate of drug-likeness (QED) is 0.904. The fraction of sp³-hybridized carbons (Fsp3) is 0.524. The fourth-order valence-corrected chi connectivity index (χ4v) is 4.93. The molecule has 27 heavy (non-hydrogen) atoms. The summed E-state index contributed by atoms with van der Waals surface area (Å²) in [4.78, 5) is 17.9. The smallest absolute Gasteiger partial charge is 0.272 e. The van der Waals surface area contributed by atoms with Gasteiger partial charge in [-0.3, -0.25) is 9.89 Å². The number of carbonyl (C=O) groups excluding carboxylic acids is 1. The van der Waals surface area contributed by atoms with Crippen LogP contribution in [-0.2, 0) is 0 Å². The summed E-state index contributed by atoms with van der Waals surface area (Å²) in [5.74, 6) is 0.799. The largest absolute Gasteiger partial charge is 0.496 e. The highest BCUT2D eigenvalue weighted by molar-refractivity contribution is 5.94. The minimum atomic E-state index is -0.113. The number of hydrogen-bond donors (Lipinski definition) is 1. The highest BCUT2D eigenvalue weighted by atomic mass is 16.5. The number of ether oxygens (including phenoxy) is 1. The van der Waals surface area contributed by atoms with Crippen LogP contribution in [-0.4, -0.2) is 64.7 Å². The van der Waals surface area contributed by atoms with Crippen molar-refractivity contribution < 1.29 is 9.53 Å². The highest BCUT2D eigenvalue weighted by Crippen LogP contribution is 2.39. The van der Waals surface area contributed by atoms with E-state index in [4.69, 9.17) is 4.74 Å². The predicted octanol–water partition coefficient (Wildman–Crippen LogP) is 3.17. The first-order valence-corrected chi connectivity index (χ1v) is 9.75. The molecule has 0 radical (unpaired) electrons. The molecule has 0 unspecified atom stereocenters. The Morgan fingerprint density at radius 3 is 2.93 bits per heavy atom. The van der Waals surface area contributed by atoms with Crippen molar-refractivity contribution in [1.29, 1.82) is 0 Å². The van der Waals surface area contributed by atoms with Gasteiger partial charge in [-0.05, 0) is 64.4 Å². The number of para-hydroxylation sites is 1. The van der Waals surface area contributed by atoms with Crippen LogP contribution in [0.15, 0.2) is 30.3 Å². The number of likely N-dealkylation sites (tertiary alicyclic amines) is 2. The van der Waals surface area contributed by atoms with Gasteiger partial charge in [0.25, 0.3) is 5.91 Å². The molecule has 0 saturated carbocycles. The lowest BCUT2D eigenvalue weighted by Gasteiger charge is -2.55. The number of H-pyrrole nitrogens is 1. The normalized spacial score (nSPS) is 25.9. The van der Waals surface area contributed by atoms with Gasteiger partial charge in [0.1, 0.15) is 11.4 Å². The van der Waals surface area contributed by atoms with E-state index < -0.39 is 0 Å². The number of carbonyl (C=O) groups is 1. The summed E-state index contributed by atoms with van der Waals surface area (Å²) in [6, 6.07) is 10.0. The summed E-state index contributed by atoms with van der Waals surface area (Å²) >= 11 is 0. The number of likely N-dealkylation sites (N-methyl/N-ethyl adjacent to an activating group) is 1. The van der Waals surface area contributed by atoms with Crippen molar-refractivity contribution in [3.63, 3.8) is 0 Å². The average Bonchev–Trinajstić information content (AvgIpc) is 3.17. The van der Waals surface area contributed by atoms with Gasteiger partial charge < -0.3 is 14.5 Å². The van der Waals surface area contributed by atoms with Crippen LogP contribution in [0.5, 0.6) is 5.75 Å². The third-order valence-electron chi connectivity index (χ3n) is 6.36. The maximum atomic E-state index is 13.4. The minimum absolute atomic E-state index is 0.0474. The van der Waals surface area contributed by atoms with Crippen molar-refractivity contribution in [2.45, 2.75) is 44.2 Å². The van der Waals surface area contributed by atoms with Gasteiger partial charge in [0, 0.05) is 18.2 Å². The molecule has 1 amide bonds. The van der Waals surface area contributed by atoms with Crippen LogP contribution in [0.3, 0.4) is 0 Å². The molecule has 2 aromatic rings. The number of methoxy groups -OCH3 is 1. The standard InChI is InChI=1S/C21H28N4O2/c1-21-11-7-12-24(2)19(21)10-6-13-25(21)20(26)17-14-16(22-23-17)15-8-4-5-9-18(15)27-3/h4-5,8-9,14,19H,6-7,10-13H2,1-3H3,(H,22,23)/t19-,21-/m0/s1. The number of aromatic amines is 1. The molecule has 6 heteroatoms. The summed E-state index contributed by atoms with van der Waals surface area (Å²) in [6.07, 6.45) is 4.39. The summed E-state index contributed by atoms with van der Waals surface area (Å²) < 4.78 is 5.43. The van der Waals surface area contributed by atoms with E-state index >= 15 is 0 Å². The maximum absolute atomic E-state index is 13.4. The highest BCUT2D eigenvalue weighted by Gasteiger charge is 2.48. The summed E-state index contributed by atoms with van der Waals surface area (Å²) in [7, 11) is 3.83. The van der Waals surface area contributed by atoms with Crippen LogP contribution in [0.4, 0.5) is 0 Å². The van der Waals surface area contributed by atoms with Crippen LogP contribution in [0.2, 0.25) is 0 Å². The third-order valence-corrected chi connectivity index (χ3v) is 6.36. The molecule has 2 aliphatic rings. The van der Waals surface area contributed by atoms with Crippen molar-refractivity contribution in [3.05, 3.63) is 36.0 Å². The minimum Gasteiger partial charge on any atom is -0.496 e. The van der Waals surface area contributed by atoms with Gasteiger partial charge in [0.2, 0.25) is 0 Å². The Labute approximate surface area is 160 Å². The summed E-state index contributed by atoms with van der Waals surface area (Å²) in [5.41, 5.74) is 2.05. The summed E-state index contributed by atoms with van der Waals surface area (Å²) in [6.45, 7) is 4.18. The summed E-state index contributed by atoms with van der Waals surface area (Å²) in [5, 5.41) is 7.36. The number of nitrogens with one attached hydrogen (secondary N) is 1. The van der Waals surface area contributed by atoms with Crippen LogP contribution in [0.1, 0.15) is 43.1 Å². The number of nitrogens with zero attached hydrogens (tertiary/aromatic N) is 3. The Balaban J connectivity index is 1.63. The van der Waals surface area contributed by atoms with Crippen molar-refractivity contribution in [3.8, 4) is 17.0 Å². The van der Waals surface area contributed by atoms with Gasteiger partial charge in [-0.2, -0.15) is 5.10 Å². The molecule has 1 aromatic carbocycles. The molecule has 2 aliphatic heterocycles. The van der Waals surface area contributed by atoms with Crippen molar-refractivity contribution in [2.24, 2.45) is 0 Å². The number of hydrogen-bond acceptors (Lipinski definition) is 4. The molecule has 2 atom stereocenters. The van der Waals surface area contributed by atoms with Crippen LogP contribution in [0.25, 0.3) is 11.3 Å². The Hall–Kier alpha value is -2.34. The van der Waals surface area contributed by atoms with Crippen LogP contribution < -0.4 is 4.74 Å². The first-order valence-electron chi connectivity index (χ1n) is 9.75. The Kier molecular flexibility index (Phi) is 4.68. The second-order valence-electron chi connectivity index (χ2n) is 7.92. The molecule has 1 aromatic heterocycles. The van der Waals surface area contributed by atoms with Gasteiger partial charge >= 0.3 is 0 Å². The zero-order chi connectivity index (χ0) is 19.0. The number of piperidine rings is 2. The van der Waals surface area contributed by atoms with E-state index in [1.165, 1.54) is 0 Å². The van der Waals surface area contributed by atoms with E-state index in [1.807, 2.05) is 30.3 Å². The van der Waals surface area contributed by atoms with Crippen molar-refractivity contribution >= 4 is 5.91 Å². The van der Waals surface area contributed by atoms with Gasteiger partial charge in [-0.15, -0.1) is 0 Å². The van der Waals surface area contributed by atoms with Crippen LogP contribution >= 0.6 is 0 Å². The second kappa shape index (κ2) is 7.00. The van der Waals surface area contributed by atoms with Gasteiger partial charge in [0.15, 0.2) is 0 Å². The first kappa shape index (κ1) is 18.0. The van der Waals surface area contributed by atoms with E-state index in [2.05, 4.69) is 34.0 Å². The van der Waals surface area contributed by atoms with E-state index in [0.717, 1.165) is 55.8 Å². The first-order chi connectivity index (χ1) is 13.0. The molecular formula is C21H28N4O2. The average molecular weight is 368 g/mol. The van der Waals surface area contributed by atoms with E-state index in [-0.39, 0.29) is 11.4 Å². The number of benzene rings is 1. The molecule has 144 valence electrons. The third kappa shape index (κ3) is 3.02. The van der Waals surface area contributed by atoms with Gasteiger partial charge in [0.05, 0.1) is 18.3 Å². The maximum Gasteiger partial charge on any atom is 0.272 e. The topological polar surface area (TPSA) is 61.5 Å². The van der Waals surface area contributed by atoms with Crippen LogP contribution in [0, 0.1) is 0 Å². The van der Waals surface area contributed by atoms with Crippen molar-refractivity contribution in [2.75, 3.05) is 27.2 Å². The number of aromatic nitrogens is 2. The molecule has 0 aliphatic carbocycles. The lowest BCUT2D eigenvalue weighted by molar-refractivity contribution is -0.0348. The van der Waals surface area contributed by atoms with E-state index in [1.54, 1.807) is 7.11 Å². The molecule has 6 nitrogen and oxygen atoms in total. The fourth-order valence-electron chi connectivity index (χ4n) is 4.93. The number of rotatable bonds is 3. The zero-order valence-corrected chi connectivity index (χ0v) is 16.4. The SMILES string of the molecule is COc1ccccc1-c1cc(C(=O)N2CCC[C@@H]3N(C)CCC[C@@]32C)[nH]n1. The molecule has 1 N–H and O–H groups in total. The predicted molar refractivity (Wildman–Crippen MR) is 105 cm³/mol. The molecular weight excluding hydrogens is 340 g/mol. The zero-order valence-electron chi connectivity index (χ0n) is 16.4. The van der Waals surface area contributed by atoms with Crippen molar-refractivity contribution in [1.82, 2.24) is 20.0 Å². The molecule has 2 saturated heterocycles. The second-order valence-corrected chi connectivity index (χ2v) is 7.92. The molecule has 4 rings (SSSR count). The molecule has 0 bridgehead atoms. The van der Waals surface area contributed by atoms with E-state index in [0.29, 0.717) is 11.7 Å². The number of fused-ring (bicyclic) bond motifs is 1. The Bertz CT molecular complexity index is 833. The Morgan fingerprint density at radius 1 is 1.30 bits per heavy atom. The molecule has 0 spiro atoms. The Morgan fingerprint density at radius 2 is 2.11 bits per heavy atom. The van der Waals surface area contributed by atoms with E-state index in [9.17, 15) is 4.79 Å². The molecule has 2 fully saturated rings. The van der Waals surface area contributed by atoms with Gasteiger partial charge in [-0.25, -0.2) is 0 Å². The lowest BCUT2D eigenvalue weighted by Crippen LogP contribution is -2.66. The lowest BCUT2D eigenvalue weighted by atomic mass is 9.76. The number of amides is 1. The molecule has 3 heterocycles.